The molecule has 2 fully saturated rings. The Morgan fingerprint density at radius 2 is 0.973 bits per heavy atom. The van der Waals surface area contributed by atoms with Crippen molar-refractivity contribution in [3.05, 3.63) is 161 Å². The second-order valence-corrected chi connectivity index (χ2v) is 38.3. The molecule has 26 N–H and O–H groups in total. The maximum Gasteiger partial charge on any atom is 0.416 e. The van der Waals surface area contributed by atoms with Crippen molar-refractivity contribution >= 4 is 124 Å². The minimum atomic E-state index is -5.01. The molecule has 802 valence electrons. The second kappa shape index (κ2) is 60.1. The van der Waals surface area contributed by atoms with Crippen LogP contribution in [-0.2, 0) is 123 Å². The Bertz CT molecular complexity index is 5320. The molecule has 5 aromatic carbocycles. The van der Waals surface area contributed by atoms with Gasteiger partial charge in [-0.3, -0.25) is 86.3 Å². The number of hydrogen-bond acceptors (Lipinski definition) is 24. The van der Waals surface area contributed by atoms with E-state index in [-0.39, 0.29) is 106 Å². The first-order valence-electron chi connectivity index (χ1n) is 49.0. The normalized spacial score (nSPS) is 23.1. The zero-order chi connectivity index (χ0) is 108. The summed E-state index contributed by atoms with van der Waals surface area (Å²) in [5.74, 6) is -23.6. The van der Waals surface area contributed by atoms with E-state index in [2.05, 4.69) is 74.4 Å². The molecule has 1 aliphatic heterocycles. The van der Waals surface area contributed by atoms with Gasteiger partial charge in [0.25, 0.3) is 0 Å². The average molecular weight is 2070 g/mol. The molecule has 42 nitrogen and oxygen atoms in total. The SMILES string of the molecule is CCC1NC(=O)CSC[C@@H](C(=O)NC(CCN)C(N)=O)NC(=O)C(CCCN)NC(=O)C(C(C)C)NC(=O)C(CC2CCCCC2)NC(=O)[C@H](CCN)NC(=O)[C@@H](CC(C)C)NC(=O)[C@H](C)N(C)C(=O)C(CCC(N)=O)NC(=O)[C@H](Cc2ccc(-c3ccccc3)cc2)NC(=O)[C@H](CCc2ccccc2)NC(=O)C(Cc2cccc(C(F)(F)F)c2)NC(=O)[C@H](CC(=O)O)NC(=O)C(Cc2ccc(OCC(=O)O)cc2)NC1=O. The third-order valence-corrected chi connectivity index (χ3v) is 25.9. The summed E-state index contributed by atoms with van der Waals surface area (Å²) in [5.41, 5.74) is 30.3. The molecular formula is C101H139F3N20O22S. The van der Waals surface area contributed by atoms with Crippen LogP contribution in [0.1, 0.15) is 172 Å². The van der Waals surface area contributed by atoms with E-state index in [1.807, 2.05) is 12.1 Å². The number of likely N-dealkylation sites (N-methyl/N-ethyl adjacent to an activating group) is 1. The van der Waals surface area contributed by atoms with E-state index in [9.17, 15) is 80.9 Å². The highest BCUT2D eigenvalue weighted by Gasteiger charge is 2.42. The molecule has 1 saturated heterocycles. The number of nitrogens with one attached hydrogen (secondary N) is 14. The van der Waals surface area contributed by atoms with Crippen LogP contribution in [0.4, 0.5) is 13.2 Å². The van der Waals surface area contributed by atoms with Crippen LogP contribution in [0.15, 0.2) is 133 Å². The van der Waals surface area contributed by atoms with E-state index in [0.717, 1.165) is 41.9 Å². The van der Waals surface area contributed by atoms with E-state index in [4.69, 9.17) is 33.4 Å². The maximum atomic E-state index is 15.6. The molecule has 15 atom stereocenters. The van der Waals surface area contributed by atoms with Crippen molar-refractivity contribution in [1.29, 1.82) is 0 Å². The molecule has 0 bridgehead atoms. The maximum absolute atomic E-state index is 15.6. The van der Waals surface area contributed by atoms with Crippen LogP contribution in [0.5, 0.6) is 5.75 Å². The van der Waals surface area contributed by atoms with Gasteiger partial charge in [0.15, 0.2) is 6.61 Å². The first-order valence-corrected chi connectivity index (χ1v) is 50.2. The summed E-state index contributed by atoms with van der Waals surface area (Å²) in [6.07, 6.45) is -6.84. The smallest absolute Gasteiger partial charge is 0.416 e. The predicted molar refractivity (Wildman–Crippen MR) is 537 cm³/mol. The van der Waals surface area contributed by atoms with Crippen LogP contribution in [0.2, 0.25) is 0 Å². The van der Waals surface area contributed by atoms with Crippen molar-refractivity contribution in [3.8, 4) is 16.9 Å². The topological polar surface area (TPSA) is 676 Å². The Balaban J connectivity index is 1.37. The number of carboxylic acid groups (broad SMARTS) is 2. The van der Waals surface area contributed by atoms with E-state index in [1.54, 1.807) is 100 Å². The number of carbonyl (C=O) groups is 19. The van der Waals surface area contributed by atoms with Crippen LogP contribution >= 0.6 is 11.8 Å². The van der Waals surface area contributed by atoms with Gasteiger partial charge in [0.1, 0.15) is 96.4 Å². The quantitative estimate of drug-likeness (QED) is 0.0268. The van der Waals surface area contributed by atoms with Crippen LogP contribution in [0.25, 0.3) is 11.1 Å². The number of hydrogen-bond donors (Lipinski definition) is 21. The van der Waals surface area contributed by atoms with Gasteiger partial charge < -0.3 is 123 Å². The average Bonchev–Trinajstić information content (AvgIpc) is 0.839. The molecular weight excluding hydrogens is 1930 g/mol. The van der Waals surface area contributed by atoms with E-state index in [0.29, 0.717) is 53.4 Å². The van der Waals surface area contributed by atoms with E-state index in [1.165, 1.54) is 45.2 Å². The second-order valence-electron chi connectivity index (χ2n) is 37.3. The molecule has 2 aliphatic rings. The van der Waals surface area contributed by atoms with Crippen molar-refractivity contribution < 1.29 is 119 Å². The molecule has 1 heterocycles. The molecule has 1 aliphatic carbocycles. The van der Waals surface area contributed by atoms with Crippen molar-refractivity contribution in [1.82, 2.24) is 79.3 Å². The predicted octanol–water partition coefficient (Wildman–Crippen LogP) is 0.622. The highest BCUT2D eigenvalue weighted by atomic mass is 32.2. The van der Waals surface area contributed by atoms with Gasteiger partial charge in [-0.05, 0) is 160 Å². The first kappa shape index (κ1) is 120. The Hall–Kier alpha value is -14.2. The van der Waals surface area contributed by atoms with E-state index < -0.39 is 277 Å². The van der Waals surface area contributed by atoms with Crippen molar-refractivity contribution in [2.45, 2.75) is 267 Å². The lowest BCUT2D eigenvalue weighted by Crippen LogP contribution is -2.61. The summed E-state index contributed by atoms with van der Waals surface area (Å²) in [4.78, 5) is 276. The van der Waals surface area contributed by atoms with Crippen molar-refractivity contribution in [2.75, 3.05) is 44.8 Å². The summed E-state index contributed by atoms with van der Waals surface area (Å²) in [5, 5.41) is 56.0. The van der Waals surface area contributed by atoms with Crippen LogP contribution in [0.3, 0.4) is 0 Å². The fraction of sp³-hybridized carbons (Fsp3) is 0.515. The molecule has 17 amide bonds. The Kier molecular flexibility index (Phi) is 49.0. The minimum Gasteiger partial charge on any atom is -0.482 e. The number of amides is 17. The number of carbonyl (C=O) groups excluding carboxylic acids is 17. The van der Waals surface area contributed by atoms with Crippen LogP contribution < -0.4 is 108 Å². The summed E-state index contributed by atoms with van der Waals surface area (Å²) in [6, 6.07) is 7.58. The number of alkyl halides is 3. The van der Waals surface area contributed by atoms with Crippen molar-refractivity contribution in [2.24, 2.45) is 46.4 Å². The summed E-state index contributed by atoms with van der Waals surface area (Å²) in [7, 11) is 1.18. The lowest BCUT2D eigenvalue weighted by Gasteiger charge is -2.32. The monoisotopic (exact) mass is 2070 g/mol. The molecule has 5 aromatic rings. The number of halogens is 3. The Morgan fingerprint density at radius 1 is 0.490 bits per heavy atom. The lowest BCUT2D eigenvalue weighted by molar-refractivity contribution is -0.143. The van der Waals surface area contributed by atoms with Gasteiger partial charge in [-0.15, -0.1) is 11.8 Å². The summed E-state index contributed by atoms with van der Waals surface area (Å²) < 4.78 is 49.2. The molecule has 0 radical (unpaired) electrons. The van der Waals surface area contributed by atoms with Gasteiger partial charge in [0, 0.05) is 38.5 Å². The highest BCUT2D eigenvalue weighted by molar-refractivity contribution is 8.00. The van der Waals surface area contributed by atoms with Crippen LogP contribution in [0, 0.1) is 17.8 Å². The largest absolute Gasteiger partial charge is 0.482 e. The van der Waals surface area contributed by atoms with Gasteiger partial charge in [-0.25, -0.2) is 4.79 Å². The molecule has 46 heteroatoms. The first-order chi connectivity index (χ1) is 69.8. The van der Waals surface area contributed by atoms with E-state index >= 15 is 33.6 Å². The third-order valence-electron chi connectivity index (χ3n) is 24.9. The molecule has 1 saturated carbocycles. The number of carboxylic acids is 2. The summed E-state index contributed by atoms with van der Waals surface area (Å²) in [6.45, 7) is 8.12. The van der Waals surface area contributed by atoms with Gasteiger partial charge in [-0.1, -0.05) is 182 Å². The molecule has 7 rings (SSSR count). The Morgan fingerprint density at radius 3 is 1.51 bits per heavy atom. The lowest BCUT2D eigenvalue weighted by atomic mass is 9.84. The number of benzene rings is 5. The third kappa shape index (κ3) is 40.3. The zero-order valence-electron chi connectivity index (χ0n) is 83.4. The van der Waals surface area contributed by atoms with Crippen molar-refractivity contribution in [3.63, 3.8) is 0 Å². The van der Waals surface area contributed by atoms with Crippen LogP contribution in [-0.4, -0.2) is 263 Å². The number of primary amides is 2. The Labute approximate surface area is 854 Å². The number of nitrogens with zero attached hydrogens (tertiary/aromatic N) is 1. The highest BCUT2D eigenvalue weighted by Crippen LogP contribution is 2.32. The number of ether oxygens (including phenoxy) is 1. The standard InChI is InChI=1S/C101H139F3N20O22S/c1-8-68-88(133)117-76(50-62-31-36-67(37-32-62)146-53-84(129)130)95(140)121-79(52-83(127)128)96(141)120-78(51-63-24-18-27-66(47-63)101(102,103)104)93(138)112-71(38-33-59-20-12-9-13-21-59)90(135)118-75(49-61-29-34-65(35-30-61)64-25-16-11-17-26-64)94(139)115-73(39-40-81(108)125)100(145)124(7)58(6)87(132)116-74(46-56(2)3)92(137)113-72(42-45-107)91(136)119-77(48-60-22-14-10-15-23-60)97(142)123-85(57(4)5)99(144)114-70(28-19-43-105)89(134)122-80(54-147-55-82(126)110-68)98(143)111-69(41-44-106)86(109)131/h9,11-13,16-18,20-21,24-27,29-32,34-37,47,56-58,60,68-80,85H,8,10,14-15,19,22-23,28,33,38-46,48-55,105-107H2,1-7H3,(H2,108,125)(H2,109,131)(H,110,126)(H,111,143)(H,112,138)(H,113,137)(H,114,144)(H,115,139)(H,116,132)(H,117,133)(H,118,135)(H,119,136)(H,120,141)(H,121,140)(H,122,134)(H,123,142)(H,127,128)(H,129,130)/t58-,68?,69?,70?,71-,72-,73?,74+,75-,76?,77?,78?,79-,80-,85?/m0/s1. The fourth-order valence-electron chi connectivity index (χ4n) is 16.6. The molecule has 0 spiro atoms. The van der Waals surface area contributed by atoms with Gasteiger partial charge in [0.05, 0.1) is 17.7 Å². The molecule has 147 heavy (non-hydrogen) atoms. The number of thioether (sulfide) groups is 1. The van der Waals surface area contributed by atoms with Gasteiger partial charge in [-0.2, -0.15) is 13.2 Å². The number of rotatable bonds is 34. The fourth-order valence-corrected chi connectivity index (χ4v) is 17.4. The molecule has 0 aromatic heterocycles. The van der Waals surface area contributed by atoms with Gasteiger partial charge >= 0.3 is 18.1 Å². The zero-order valence-corrected chi connectivity index (χ0v) is 84.2. The number of aliphatic carboxylic acids is 2. The number of nitrogens with two attached hydrogens (primary N) is 5. The van der Waals surface area contributed by atoms with Gasteiger partial charge in [0.2, 0.25) is 100 Å². The number of aryl methyl sites for hydroxylation is 1. The molecule has 8 unspecified atom stereocenters. The minimum absolute atomic E-state index is 0.0134. The summed E-state index contributed by atoms with van der Waals surface area (Å²) >= 11 is 0.703.